The van der Waals surface area contributed by atoms with E-state index in [-0.39, 0.29) is 5.82 Å². The Morgan fingerprint density at radius 3 is 1.75 bits per heavy atom. The van der Waals surface area contributed by atoms with Gasteiger partial charge in [0.05, 0.1) is 5.54 Å². The zero-order chi connectivity index (χ0) is 21.8. The molecule has 0 atom stereocenters. The first-order valence-corrected chi connectivity index (χ1v) is 10.9. The van der Waals surface area contributed by atoms with Crippen LogP contribution in [-0.4, -0.2) is 11.5 Å². The Morgan fingerprint density at radius 1 is 0.688 bits per heavy atom. The van der Waals surface area contributed by atoms with Crippen LogP contribution in [-0.2, 0) is 12.0 Å². The van der Waals surface area contributed by atoms with Gasteiger partial charge in [-0.3, -0.25) is 5.32 Å². The van der Waals surface area contributed by atoms with Crippen molar-refractivity contribution in [1.29, 1.82) is 0 Å². The Kier molecular flexibility index (Phi) is 5.57. The summed E-state index contributed by atoms with van der Waals surface area (Å²) in [7, 11) is 0. The molecular formula is C29H25FN2. The first-order valence-electron chi connectivity index (χ1n) is 10.9. The summed E-state index contributed by atoms with van der Waals surface area (Å²) in [5.74, 6) is -0.222. The molecular weight excluding hydrogens is 395 g/mol. The maximum absolute atomic E-state index is 13.6. The van der Waals surface area contributed by atoms with Gasteiger partial charge in [-0.15, -0.1) is 0 Å². The maximum Gasteiger partial charge on any atom is 0.125 e. The summed E-state index contributed by atoms with van der Waals surface area (Å²) in [4.78, 5) is 3.20. The Bertz CT molecular complexity index is 1200. The molecule has 0 aliphatic carbocycles. The van der Waals surface area contributed by atoms with Gasteiger partial charge in [-0.25, -0.2) is 4.39 Å². The third kappa shape index (κ3) is 3.72. The fraction of sp³-hybridized carbons (Fsp3) is 0.103. The van der Waals surface area contributed by atoms with Gasteiger partial charge in [-0.2, -0.15) is 0 Å². The average Bonchev–Trinajstić information content (AvgIpc) is 3.25. The van der Waals surface area contributed by atoms with Crippen LogP contribution in [0.4, 0.5) is 4.39 Å². The number of halogens is 1. The smallest absolute Gasteiger partial charge is 0.125 e. The number of benzene rings is 4. The summed E-state index contributed by atoms with van der Waals surface area (Å²) in [5.41, 5.74) is 5.10. The number of hydrogen-bond donors (Lipinski definition) is 2. The van der Waals surface area contributed by atoms with Crippen LogP contribution in [0.25, 0.3) is 10.9 Å². The quantitative estimate of drug-likeness (QED) is 0.292. The second-order valence-corrected chi connectivity index (χ2v) is 8.03. The minimum atomic E-state index is -0.484. The molecule has 5 rings (SSSR count). The van der Waals surface area contributed by atoms with Crippen LogP contribution in [0.3, 0.4) is 0 Å². The third-order valence-corrected chi connectivity index (χ3v) is 6.13. The SMILES string of the molecule is Fc1ccc2c(CCNC(c3ccccc3)(c3ccccc3)c3ccccc3)c[nH]c2c1. The van der Waals surface area contributed by atoms with Crippen molar-refractivity contribution in [3.63, 3.8) is 0 Å². The van der Waals surface area contributed by atoms with Gasteiger partial charge in [-0.1, -0.05) is 91.0 Å². The second kappa shape index (κ2) is 8.81. The highest BCUT2D eigenvalue weighted by atomic mass is 19.1. The second-order valence-electron chi connectivity index (χ2n) is 8.03. The predicted molar refractivity (Wildman–Crippen MR) is 129 cm³/mol. The number of hydrogen-bond acceptors (Lipinski definition) is 1. The van der Waals surface area contributed by atoms with Crippen molar-refractivity contribution in [2.24, 2.45) is 0 Å². The molecule has 0 unspecified atom stereocenters. The predicted octanol–water partition coefficient (Wildman–Crippen LogP) is 6.43. The summed E-state index contributed by atoms with van der Waals surface area (Å²) in [6.45, 7) is 0.753. The van der Waals surface area contributed by atoms with Gasteiger partial charge in [0, 0.05) is 23.6 Å². The minimum Gasteiger partial charge on any atom is -0.361 e. The zero-order valence-corrected chi connectivity index (χ0v) is 17.8. The molecule has 5 aromatic rings. The highest BCUT2D eigenvalue weighted by molar-refractivity contribution is 5.83. The lowest BCUT2D eigenvalue weighted by atomic mass is 9.77. The van der Waals surface area contributed by atoms with Crippen molar-refractivity contribution in [2.75, 3.05) is 6.54 Å². The van der Waals surface area contributed by atoms with Gasteiger partial charge >= 0.3 is 0 Å². The van der Waals surface area contributed by atoms with E-state index in [0.717, 1.165) is 23.9 Å². The molecule has 32 heavy (non-hydrogen) atoms. The molecule has 1 heterocycles. The van der Waals surface area contributed by atoms with Crippen LogP contribution < -0.4 is 5.32 Å². The molecule has 2 N–H and O–H groups in total. The molecule has 0 fully saturated rings. The fourth-order valence-electron chi connectivity index (χ4n) is 4.62. The van der Waals surface area contributed by atoms with Crippen molar-refractivity contribution in [3.05, 3.63) is 143 Å². The molecule has 0 saturated heterocycles. The highest BCUT2D eigenvalue weighted by Gasteiger charge is 2.35. The summed E-state index contributed by atoms with van der Waals surface area (Å²) in [5, 5.41) is 4.98. The Labute approximate surface area is 187 Å². The lowest BCUT2D eigenvalue weighted by Crippen LogP contribution is -2.45. The molecule has 1 aromatic heterocycles. The maximum atomic E-state index is 13.6. The molecule has 3 heteroatoms. The Balaban J connectivity index is 1.55. The summed E-state index contributed by atoms with van der Waals surface area (Å²) in [6.07, 6.45) is 2.81. The summed E-state index contributed by atoms with van der Waals surface area (Å²) >= 11 is 0. The average molecular weight is 421 g/mol. The Morgan fingerprint density at radius 2 is 1.22 bits per heavy atom. The first-order chi connectivity index (χ1) is 15.8. The minimum absolute atomic E-state index is 0.222. The van der Waals surface area contributed by atoms with E-state index >= 15 is 0 Å². The topological polar surface area (TPSA) is 27.8 Å². The number of rotatable bonds is 7. The van der Waals surface area contributed by atoms with Crippen LogP contribution in [0, 0.1) is 5.82 Å². The van der Waals surface area contributed by atoms with Crippen molar-refractivity contribution >= 4 is 10.9 Å². The van der Waals surface area contributed by atoms with Crippen LogP contribution in [0.1, 0.15) is 22.3 Å². The van der Waals surface area contributed by atoms with E-state index in [4.69, 9.17) is 0 Å². The molecule has 0 amide bonds. The van der Waals surface area contributed by atoms with Crippen LogP contribution >= 0.6 is 0 Å². The van der Waals surface area contributed by atoms with E-state index in [1.54, 1.807) is 6.07 Å². The molecule has 0 aliphatic rings. The van der Waals surface area contributed by atoms with Gasteiger partial charge in [0.2, 0.25) is 0 Å². The van der Waals surface area contributed by atoms with Crippen LogP contribution in [0.5, 0.6) is 0 Å². The number of nitrogens with one attached hydrogen (secondary N) is 2. The molecule has 4 aromatic carbocycles. The van der Waals surface area contributed by atoms with Gasteiger partial charge < -0.3 is 4.98 Å². The molecule has 0 saturated carbocycles. The Hall–Kier alpha value is -3.69. The number of fused-ring (bicyclic) bond motifs is 1. The number of aromatic amines is 1. The monoisotopic (exact) mass is 420 g/mol. The number of aromatic nitrogens is 1. The number of H-pyrrole nitrogens is 1. The lowest BCUT2D eigenvalue weighted by Gasteiger charge is -2.37. The first kappa shape index (κ1) is 20.2. The molecule has 2 nitrogen and oxygen atoms in total. The van der Waals surface area contributed by atoms with E-state index in [2.05, 4.69) is 101 Å². The van der Waals surface area contributed by atoms with Crippen LogP contribution in [0.15, 0.2) is 115 Å². The van der Waals surface area contributed by atoms with Crippen LogP contribution in [0.2, 0.25) is 0 Å². The third-order valence-electron chi connectivity index (χ3n) is 6.13. The molecule has 0 bridgehead atoms. The standard InChI is InChI=1S/C29H25FN2/c30-26-16-17-27-22(21-31-28(27)20-26)18-19-32-29(23-10-4-1-5-11-23,24-12-6-2-7-13-24)25-14-8-3-9-15-25/h1-17,20-21,31-32H,18-19H2. The molecule has 158 valence electrons. The molecule has 0 spiro atoms. The van der Waals surface area contributed by atoms with Gasteiger partial charge in [-0.05, 0) is 46.9 Å². The molecule has 0 aliphatic heterocycles. The largest absolute Gasteiger partial charge is 0.361 e. The van der Waals surface area contributed by atoms with E-state index in [0.29, 0.717) is 0 Å². The molecule has 0 radical (unpaired) electrons. The van der Waals surface area contributed by atoms with Crippen molar-refractivity contribution < 1.29 is 4.39 Å². The fourth-order valence-corrected chi connectivity index (χ4v) is 4.62. The van der Waals surface area contributed by atoms with Crippen molar-refractivity contribution in [3.8, 4) is 0 Å². The van der Waals surface area contributed by atoms with Gasteiger partial charge in [0.1, 0.15) is 5.82 Å². The normalized spacial score (nSPS) is 11.7. The van der Waals surface area contributed by atoms with Crippen molar-refractivity contribution in [2.45, 2.75) is 12.0 Å². The summed E-state index contributed by atoms with van der Waals surface area (Å²) < 4.78 is 13.6. The summed E-state index contributed by atoms with van der Waals surface area (Å²) in [6, 6.07) is 36.7. The lowest BCUT2D eigenvalue weighted by molar-refractivity contribution is 0.476. The van der Waals surface area contributed by atoms with Crippen molar-refractivity contribution in [1.82, 2.24) is 10.3 Å². The zero-order valence-electron chi connectivity index (χ0n) is 17.8. The van der Waals surface area contributed by atoms with Gasteiger partial charge in [0.15, 0.2) is 0 Å². The van der Waals surface area contributed by atoms with Gasteiger partial charge in [0.25, 0.3) is 0 Å². The van der Waals surface area contributed by atoms with E-state index in [1.165, 1.54) is 28.3 Å². The van der Waals surface area contributed by atoms with E-state index < -0.39 is 5.54 Å². The highest BCUT2D eigenvalue weighted by Crippen LogP contribution is 2.36. The van der Waals surface area contributed by atoms with E-state index in [9.17, 15) is 4.39 Å². The van der Waals surface area contributed by atoms with E-state index in [1.807, 2.05) is 12.3 Å².